The molecule has 0 unspecified atom stereocenters. The van der Waals surface area contributed by atoms with Crippen molar-refractivity contribution < 1.29 is 14.0 Å². The van der Waals surface area contributed by atoms with Crippen molar-refractivity contribution in [1.82, 2.24) is 14.7 Å². The normalized spacial score (nSPS) is 14.7. The number of carbonyl (C=O) groups excluding carboxylic acids is 2. The van der Waals surface area contributed by atoms with Crippen molar-refractivity contribution in [3.63, 3.8) is 0 Å². The maximum Gasteiger partial charge on any atom is 0.238 e. The van der Waals surface area contributed by atoms with Gasteiger partial charge in [0.05, 0.1) is 13.1 Å². The van der Waals surface area contributed by atoms with E-state index in [2.05, 4.69) is 10.2 Å². The molecule has 2 aromatic carbocycles. The molecule has 2 amide bonds. The number of carbonyl (C=O) groups is 2. The van der Waals surface area contributed by atoms with Crippen LogP contribution in [0.2, 0.25) is 5.02 Å². The fourth-order valence-electron chi connectivity index (χ4n) is 3.53. The number of amides is 2. The van der Waals surface area contributed by atoms with Crippen LogP contribution in [-0.4, -0.2) is 72.8 Å². The largest absolute Gasteiger partial charge is 0.339 e. The molecule has 8 heteroatoms. The summed E-state index contributed by atoms with van der Waals surface area (Å²) in [5.41, 5.74) is 2.35. The lowest BCUT2D eigenvalue weighted by atomic mass is 10.2. The van der Waals surface area contributed by atoms with Crippen molar-refractivity contribution in [2.24, 2.45) is 0 Å². The second-order valence-corrected chi connectivity index (χ2v) is 8.35. The van der Waals surface area contributed by atoms with Gasteiger partial charge in [-0.3, -0.25) is 19.4 Å². The molecule has 31 heavy (non-hydrogen) atoms. The van der Waals surface area contributed by atoms with Crippen molar-refractivity contribution >= 4 is 29.1 Å². The van der Waals surface area contributed by atoms with Crippen LogP contribution in [0.3, 0.4) is 0 Å². The van der Waals surface area contributed by atoms with Gasteiger partial charge in [-0.25, -0.2) is 4.39 Å². The monoisotopic (exact) mass is 446 g/mol. The van der Waals surface area contributed by atoms with Gasteiger partial charge in [0.2, 0.25) is 11.8 Å². The first-order valence-corrected chi connectivity index (χ1v) is 10.7. The van der Waals surface area contributed by atoms with Crippen molar-refractivity contribution in [1.29, 1.82) is 0 Å². The van der Waals surface area contributed by atoms with Crippen LogP contribution in [0.15, 0.2) is 42.5 Å². The van der Waals surface area contributed by atoms with E-state index in [4.69, 9.17) is 11.6 Å². The summed E-state index contributed by atoms with van der Waals surface area (Å²) < 4.78 is 14.0. The van der Waals surface area contributed by atoms with Gasteiger partial charge in [0, 0.05) is 49.0 Å². The second kappa shape index (κ2) is 10.7. The van der Waals surface area contributed by atoms with Crippen molar-refractivity contribution in [3.05, 3.63) is 64.4 Å². The van der Waals surface area contributed by atoms with Crippen molar-refractivity contribution in [3.8, 4) is 0 Å². The lowest BCUT2D eigenvalue weighted by Crippen LogP contribution is -2.51. The Kier molecular flexibility index (Phi) is 8.01. The first kappa shape index (κ1) is 23.2. The Labute approximate surface area is 187 Å². The summed E-state index contributed by atoms with van der Waals surface area (Å²) in [5, 5.41) is 3.26. The number of hydrogen-bond donors (Lipinski definition) is 1. The van der Waals surface area contributed by atoms with Crippen LogP contribution in [-0.2, 0) is 16.1 Å². The number of nitrogens with zero attached hydrogens (tertiary/aromatic N) is 3. The summed E-state index contributed by atoms with van der Waals surface area (Å²) in [6, 6.07) is 12.3. The number of piperazine rings is 1. The molecule has 3 rings (SSSR count). The highest BCUT2D eigenvalue weighted by Crippen LogP contribution is 2.21. The highest BCUT2D eigenvalue weighted by atomic mass is 35.5. The summed E-state index contributed by atoms with van der Waals surface area (Å²) in [4.78, 5) is 30.4. The summed E-state index contributed by atoms with van der Waals surface area (Å²) in [7, 11) is 1.75. The Balaban J connectivity index is 1.42. The highest BCUT2D eigenvalue weighted by molar-refractivity contribution is 6.31. The lowest BCUT2D eigenvalue weighted by Gasteiger charge is -2.35. The summed E-state index contributed by atoms with van der Waals surface area (Å²) in [6.07, 6.45) is 0. The average molecular weight is 447 g/mol. The molecule has 1 N–H and O–H groups in total. The minimum Gasteiger partial charge on any atom is -0.339 e. The van der Waals surface area contributed by atoms with Crippen molar-refractivity contribution in [2.75, 3.05) is 51.6 Å². The molecule has 1 aliphatic rings. The van der Waals surface area contributed by atoms with E-state index in [-0.39, 0.29) is 30.7 Å². The predicted molar refractivity (Wildman–Crippen MR) is 121 cm³/mol. The van der Waals surface area contributed by atoms with Gasteiger partial charge in [-0.2, -0.15) is 0 Å². The first-order chi connectivity index (χ1) is 14.8. The van der Waals surface area contributed by atoms with Gasteiger partial charge in [0.25, 0.3) is 0 Å². The fraction of sp³-hybridized carbons (Fsp3) is 0.391. The van der Waals surface area contributed by atoms with E-state index >= 15 is 0 Å². The topological polar surface area (TPSA) is 55.9 Å². The highest BCUT2D eigenvalue weighted by Gasteiger charge is 2.23. The van der Waals surface area contributed by atoms with E-state index < -0.39 is 0 Å². The van der Waals surface area contributed by atoms with E-state index in [1.165, 1.54) is 6.07 Å². The minimum atomic E-state index is -0.309. The molecule has 2 aromatic rings. The third-order valence-electron chi connectivity index (χ3n) is 5.32. The average Bonchev–Trinajstić information content (AvgIpc) is 2.73. The first-order valence-electron chi connectivity index (χ1n) is 10.3. The van der Waals surface area contributed by atoms with Crippen LogP contribution in [0.1, 0.15) is 11.1 Å². The zero-order valence-corrected chi connectivity index (χ0v) is 18.7. The molecule has 0 saturated carbocycles. The SMILES string of the molecule is Cc1ccc(NC(=O)CN(C)CC(=O)N2CCN(Cc3c(F)cccc3Cl)CC2)cc1. The number of hydrogen-bond acceptors (Lipinski definition) is 4. The van der Waals surface area contributed by atoms with Gasteiger partial charge in [-0.1, -0.05) is 35.4 Å². The molecular formula is C23H28ClFN4O2. The van der Waals surface area contributed by atoms with E-state index in [0.29, 0.717) is 43.3 Å². The molecule has 1 heterocycles. The van der Waals surface area contributed by atoms with E-state index in [9.17, 15) is 14.0 Å². The Morgan fingerprint density at radius 1 is 1.06 bits per heavy atom. The fourth-order valence-corrected chi connectivity index (χ4v) is 3.75. The zero-order chi connectivity index (χ0) is 22.4. The van der Waals surface area contributed by atoms with Crippen LogP contribution < -0.4 is 5.32 Å². The molecule has 1 saturated heterocycles. The second-order valence-electron chi connectivity index (χ2n) is 7.94. The van der Waals surface area contributed by atoms with Gasteiger partial charge >= 0.3 is 0 Å². The maximum atomic E-state index is 14.0. The van der Waals surface area contributed by atoms with Crippen LogP contribution in [0.4, 0.5) is 10.1 Å². The van der Waals surface area contributed by atoms with E-state index in [1.54, 1.807) is 29.0 Å². The molecule has 6 nitrogen and oxygen atoms in total. The molecule has 0 spiro atoms. The van der Waals surface area contributed by atoms with Gasteiger partial charge in [-0.05, 0) is 38.2 Å². The molecule has 0 radical (unpaired) electrons. The number of nitrogens with one attached hydrogen (secondary N) is 1. The maximum absolute atomic E-state index is 14.0. The predicted octanol–water partition coefficient (Wildman–Crippen LogP) is 3.00. The van der Waals surface area contributed by atoms with E-state index in [1.807, 2.05) is 31.2 Å². The van der Waals surface area contributed by atoms with E-state index in [0.717, 1.165) is 11.3 Å². The third-order valence-corrected chi connectivity index (χ3v) is 5.68. The molecule has 1 aliphatic heterocycles. The van der Waals surface area contributed by atoms with Gasteiger partial charge < -0.3 is 10.2 Å². The lowest BCUT2D eigenvalue weighted by molar-refractivity contribution is -0.134. The molecular weight excluding hydrogens is 419 g/mol. The zero-order valence-electron chi connectivity index (χ0n) is 17.9. The van der Waals surface area contributed by atoms with Crippen molar-refractivity contribution in [2.45, 2.75) is 13.5 Å². The number of halogens is 2. The van der Waals surface area contributed by atoms with Crippen LogP contribution in [0.5, 0.6) is 0 Å². The number of aryl methyl sites for hydroxylation is 1. The molecule has 0 aromatic heterocycles. The molecule has 0 aliphatic carbocycles. The number of rotatable bonds is 7. The Bertz CT molecular complexity index is 894. The Hall–Kier alpha value is -2.48. The van der Waals surface area contributed by atoms with Gasteiger partial charge in [0.1, 0.15) is 5.82 Å². The molecule has 166 valence electrons. The third kappa shape index (κ3) is 6.75. The minimum absolute atomic E-state index is 0.0193. The number of benzene rings is 2. The Morgan fingerprint density at radius 3 is 2.39 bits per heavy atom. The number of anilines is 1. The smallest absolute Gasteiger partial charge is 0.238 e. The molecule has 1 fully saturated rings. The summed E-state index contributed by atoms with van der Waals surface area (Å²) in [6.45, 7) is 5.13. The quantitative estimate of drug-likeness (QED) is 0.710. The van der Waals surface area contributed by atoms with Gasteiger partial charge in [0.15, 0.2) is 0 Å². The standard InChI is InChI=1S/C23H28ClFN4O2/c1-17-6-8-18(9-7-17)26-22(30)15-27(2)16-23(31)29-12-10-28(11-13-29)14-19-20(24)4-3-5-21(19)25/h3-9H,10-16H2,1-2H3,(H,26,30). The summed E-state index contributed by atoms with van der Waals surface area (Å²) >= 11 is 6.12. The van der Waals surface area contributed by atoms with Crippen LogP contribution in [0.25, 0.3) is 0 Å². The molecule has 0 bridgehead atoms. The van der Waals surface area contributed by atoms with Gasteiger partial charge in [-0.15, -0.1) is 0 Å². The molecule has 0 atom stereocenters. The van der Waals surface area contributed by atoms with Crippen LogP contribution in [0, 0.1) is 12.7 Å². The summed E-state index contributed by atoms with van der Waals surface area (Å²) in [5.74, 6) is -0.489. The number of likely N-dealkylation sites (N-methyl/N-ethyl adjacent to an activating group) is 1. The van der Waals surface area contributed by atoms with Crippen LogP contribution >= 0.6 is 11.6 Å². The Morgan fingerprint density at radius 2 is 1.74 bits per heavy atom.